The molecule has 4 rings (SSSR count). The molecule has 2 N–H and O–H groups in total. The van der Waals surface area contributed by atoms with Gasteiger partial charge in [0.25, 0.3) is 0 Å². The molecule has 0 aromatic heterocycles. The van der Waals surface area contributed by atoms with Crippen LogP contribution in [0.1, 0.15) is 31.1 Å². The highest BCUT2D eigenvalue weighted by Gasteiger charge is 2.34. The van der Waals surface area contributed by atoms with E-state index in [4.69, 9.17) is 18.9 Å². The highest BCUT2D eigenvalue weighted by Crippen LogP contribution is 2.57. The summed E-state index contributed by atoms with van der Waals surface area (Å²) in [4.78, 5) is 50.5. The van der Waals surface area contributed by atoms with E-state index in [1.54, 1.807) is 18.2 Å². The van der Waals surface area contributed by atoms with Gasteiger partial charge in [-0.1, -0.05) is 42.5 Å². The van der Waals surface area contributed by atoms with E-state index in [1.807, 2.05) is 0 Å². The topological polar surface area (TPSA) is 146 Å². The predicted octanol–water partition coefficient (Wildman–Crippen LogP) is 5.43. The van der Waals surface area contributed by atoms with Crippen LogP contribution >= 0.6 is 0 Å². The first-order valence-corrected chi connectivity index (χ1v) is 12.2. The zero-order chi connectivity index (χ0) is 29.7. The Labute approximate surface area is 234 Å². The van der Waals surface area contributed by atoms with Crippen LogP contribution in [-0.2, 0) is 14.4 Å². The lowest BCUT2D eigenvalue weighted by Crippen LogP contribution is -2.16. The van der Waals surface area contributed by atoms with Crippen LogP contribution in [0.2, 0.25) is 0 Å². The molecule has 41 heavy (non-hydrogen) atoms. The Morgan fingerprint density at radius 2 is 0.829 bits per heavy atom. The Hall–Kier alpha value is -5.64. The standard InChI is InChI=1S/C31H24O10/c1-17(32)38-27-25(20-9-13-23(35)14-10-20)29(40-19(3)34)30(41-31(37)22-7-5-4-6-8-22)26(28(27)39-18(2)33)21-11-15-24(36)16-12-21/h4-16,35-36H,1-3H3. The molecule has 0 atom stereocenters. The second kappa shape index (κ2) is 12.0. The molecule has 0 aliphatic heterocycles. The molecule has 0 spiro atoms. The summed E-state index contributed by atoms with van der Waals surface area (Å²) in [6.07, 6.45) is 0. The van der Waals surface area contributed by atoms with E-state index < -0.39 is 23.9 Å². The van der Waals surface area contributed by atoms with Crippen molar-refractivity contribution in [2.24, 2.45) is 0 Å². The third-order valence-electron chi connectivity index (χ3n) is 5.57. The monoisotopic (exact) mass is 556 g/mol. The van der Waals surface area contributed by atoms with Gasteiger partial charge in [0.15, 0.2) is 23.0 Å². The van der Waals surface area contributed by atoms with Gasteiger partial charge in [0.05, 0.1) is 16.7 Å². The highest BCUT2D eigenvalue weighted by molar-refractivity contribution is 6.00. The van der Waals surface area contributed by atoms with Crippen molar-refractivity contribution in [3.63, 3.8) is 0 Å². The van der Waals surface area contributed by atoms with Crippen LogP contribution in [0, 0.1) is 0 Å². The molecular weight excluding hydrogens is 532 g/mol. The zero-order valence-electron chi connectivity index (χ0n) is 22.2. The van der Waals surface area contributed by atoms with Gasteiger partial charge in [-0.2, -0.15) is 0 Å². The lowest BCUT2D eigenvalue weighted by atomic mass is 9.94. The number of carbonyl (C=O) groups excluding carboxylic acids is 4. The van der Waals surface area contributed by atoms with Crippen molar-refractivity contribution >= 4 is 23.9 Å². The van der Waals surface area contributed by atoms with Gasteiger partial charge in [0.2, 0.25) is 0 Å². The zero-order valence-corrected chi connectivity index (χ0v) is 22.2. The maximum absolute atomic E-state index is 13.3. The molecular formula is C31H24O10. The first-order valence-electron chi connectivity index (χ1n) is 12.2. The lowest BCUT2D eigenvalue weighted by Gasteiger charge is -2.24. The van der Waals surface area contributed by atoms with Crippen LogP contribution in [0.25, 0.3) is 22.3 Å². The second-order valence-electron chi connectivity index (χ2n) is 8.70. The lowest BCUT2D eigenvalue weighted by molar-refractivity contribution is -0.134. The average Bonchev–Trinajstić information content (AvgIpc) is 2.92. The number of carbonyl (C=O) groups is 4. The van der Waals surface area contributed by atoms with Crippen molar-refractivity contribution < 1.29 is 48.3 Å². The van der Waals surface area contributed by atoms with Crippen LogP contribution in [-0.4, -0.2) is 34.1 Å². The van der Waals surface area contributed by atoms with Crippen molar-refractivity contribution in [2.75, 3.05) is 0 Å². The Kier molecular flexibility index (Phi) is 8.33. The SMILES string of the molecule is CC(=O)Oc1c(OC(C)=O)c(-c2ccc(O)cc2)c(OC(=O)c2ccccc2)c(OC(C)=O)c1-c1ccc(O)cc1. The fourth-order valence-electron chi connectivity index (χ4n) is 3.99. The molecule has 0 aliphatic carbocycles. The molecule has 0 unspecified atom stereocenters. The van der Waals surface area contributed by atoms with Crippen molar-refractivity contribution in [3.8, 4) is 56.8 Å². The highest BCUT2D eigenvalue weighted by atomic mass is 16.6. The van der Waals surface area contributed by atoms with E-state index >= 15 is 0 Å². The van der Waals surface area contributed by atoms with Gasteiger partial charge in [-0.3, -0.25) is 14.4 Å². The molecule has 0 amide bonds. The van der Waals surface area contributed by atoms with Crippen molar-refractivity contribution in [2.45, 2.75) is 20.8 Å². The minimum atomic E-state index is -0.843. The summed E-state index contributed by atoms with van der Waals surface area (Å²) in [5, 5.41) is 19.8. The van der Waals surface area contributed by atoms with E-state index in [9.17, 15) is 29.4 Å². The van der Waals surface area contributed by atoms with Crippen molar-refractivity contribution in [1.82, 2.24) is 0 Å². The van der Waals surface area contributed by atoms with Crippen LogP contribution in [0.3, 0.4) is 0 Å². The van der Waals surface area contributed by atoms with E-state index in [0.29, 0.717) is 0 Å². The molecule has 10 heteroatoms. The van der Waals surface area contributed by atoms with Gasteiger partial charge in [0, 0.05) is 20.8 Å². The van der Waals surface area contributed by atoms with Gasteiger partial charge >= 0.3 is 23.9 Å². The fourth-order valence-corrected chi connectivity index (χ4v) is 3.99. The van der Waals surface area contributed by atoms with Gasteiger partial charge < -0.3 is 29.2 Å². The Bertz CT molecular complexity index is 1620. The average molecular weight is 557 g/mol. The third-order valence-corrected chi connectivity index (χ3v) is 5.57. The van der Waals surface area contributed by atoms with Crippen LogP contribution in [0.15, 0.2) is 78.9 Å². The van der Waals surface area contributed by atoms with Gasteiger partial charge in [-0.05, 0) is 47.5 Å². The van der Waals surface area contributed by atoms with Crippen molar-refractivity contribution in [3.05, 3.63) is 84.4 Å². The number of hydrogen-bond donors (Lipinski definition) is 2. The maximum atomic E-state index is 13.3. The Balaban J connectivity index is 2.20. The molecule has 0 aliphatic rings. The number of hydrogen-bond acceptors (Lipinski definition) is 10. The van der Waals surface area contributed by atoms with Crippen LogP contribution < -0.4 is 18.9 Å². The quantitative estimate of drug-likeness (QED) is 0.223. The van der Waals surface area contributed by atoms with E-state index in [1.165, 1.54) is 60.7 Å². The minimum absolute atomic E-state index is 0.0787. The summed E-state index contributed by atoms with van der Waals surface area (Å²) in [7, 11) is 0. The smallest absolute Gasteiger partial charge is 0.343 e. The number of benzene rings is 4. The summed E-state index contributed by atoms with van der Waals surface area (Å²) in [5.74, 6) is -4.77. The van der Waals surface area contributed by atoms with Crippen LogP contribution in [0.4, 0.5) is 0 Å². The molecule has 4 aromatic rings. The summed E-state index contributed by atoms with van der Waals surface area (Å²) in [6, 6.07) is 19.1. The molecule has 0 fully saturated rings. The van der Waals surface area contributed by atoms with Crippen molar-refractivity contribution in [1.29, 1.82) is 0 Å². The summed E-state index contributed by atoms with van der Waals surface area (Å²) < 4.78 is 22.6. The molecule has 0 saturated carbocycles. The maximum Gasteiger partial charge on any atom is 0.343 e. The normalized spacial score (nSPS) is 10.4. The number of phenolic OH excluding ortho intramolecular Hbond substituents is 2. The first-order chi connectivity index (χ1) is 19.5. The molecule has 0 bridgehead atoms. The third kappa shape index (κ3) is 6.51. The Morgan fingerprint density at radius 3 is 1.17 bits per heavy atom. The number of ether oxygens (including phenoxy) is 4. The first kappa shape index (κ1) is 28.4. The molecule has 208 valence electrons. The molecule has 10 nitrogen and oxygen atoms in total. The summed E-state index contributed by atoms with van der Waals surface area (Å²) in [5.41, 5.74) is 0.485. The summed E-state index contributed by atoms with van der Waals surface area (Å²) >= 11 is 0. The second-order valence-corrected chi connectivity index (χ2v) is 8.70. The van der Waals surface area contributed by atoms with E-state index in [0.717, 1.165) is 20.8 Å². The number of rotatable bonds is 7. The number of aromatic hydroxyl groups is 2. The molecule has 0 saturated heterocycles. The minimum Gasteiger partial charge on any atom is -0.508 e. The molecule has 0 heterocycles. The number of esters is 4. The molecule has 4 aromatic carbocycles. The largest absolute Gasteiger partial charge is 0.508 e. The predicted molar refractivity (Wildman–Crippen MR) is 146 cm³/mol. The van der Waals surface area contributed by atoms with Gasteiger partial charge in [-0.25, -0.2) is 4.79 Å². The molecule has 0 radical (unpaired) electrons. The Morgan fingerprint density at radius 1 is 0.488 bits per heavy atom. The van der Waals surface area contributed by atoms with E-state index in [-0.39, 0.29) is 62.3 Å². The van der Waals surface area contributed by atoms with Crippen LogP contribution in [0.5, 0.6) is 34.5 Å². The van der Waals surface area contributed by atoms with Gasteiger partial charge in [0.1, 0.15) is 11.5 Å². The van der Waals surface area contributed by atoms with Gasteiger partial charge in [-0.15, -0.1) is 0 Å². The number of phenols is 2. The van der Waals surface area contributed by atoms with E-state index in [2.05, 4.69) is 0 Å². The fraction of sp³-hybridized carbons (Fsp3) is 0.0968. The summed E-state index contributed by atoms with van der Waals surface area (Å²) in [6.45, 7) is 3.36.